The van der Waals surface area contributed by atoms with E-state index >= 15 is 0 Å². The van der Waals surface area contributed by atoms with E-state index in [-0.39, 0.29) is 39.4 Å². The van der Waals surface area contributed by atoms with Crippen molar-refractivity contribution in [3.05, 3.63) is 88.1 Å². The van der Waals surface area contributed by atoms with Gasteiger partial charge in [-0.3, -0.25) is 19.1 Å². The Morgan fingerprint density at radius 3 is 2.48 bits per heavy atom. The average Bonchev–Trinajstić information content (AvgIpc) is 2.79. The van der Waals surface area contributed by atoms with Gasteiger partial charge < -0.3 is 11.1 Å². The number of anilines is 2. The van der Waals surface area contributed by atoms with E-state index in [9.17, 15) is 28.0 Å². The van der Waals surface area contributed by atoms with Gasteiger partial charge in [-0.05, 0) is 36.4 Å². The summed E-state index contributed by atoms with van der Waals surface area (Å²) in [5, 5.41) is 12.7. The number of nitrogens with two attached hydrogens (primary N) is 1. The monoisotopic (exact) mass is 450 g/mol. The molecule has 0 saturated carbocycles. The van der Waals surface area contributed by atoms with Crippen molar-refractivity contribution in [2.45, 2.75) is 6.18 Å². The summed E-state index contributed by atoms with van der Waals surface area (Å²) in [7, 11) is 0. The van der Waals surface area contributed by atoms with Crippen LogP contribution in [0.4, 0.5) is 24.5 Å². The van der Waals surface area contributed by atoms with Gasteiger partial charge in [0, 0.05) is 17.3 Å². The minimum absolute atomic E-state index is 0.0625. The largest absolute Gasteiger partial charge is 0.433 e. The van der Waals surface area contributed by atoms with E-state index in [2.05, 4.69) is 15.3 Å². The maximum Gasteiger partial charge on any atom is 0.433 e. The van der Waals surface area contributed by atoms with Crippen LogP contribution in [0.2, 0.25) is 0 Å². The van der Waals surface area contributed by atoms with E-state index in [0.717, 1.165) is 16.7 Å². The molecule has 3 aromatic heterocycles. The second-order valence-electron chi connectivity index (χ2n) is 6.82. The first-order chi connectivity index (χ1) is 15.7. The summed E-state index contributed by atoms with van der Waals surface area (Å²) in [6.45, 7) is 0. The molecular weight excluding hydrogens is 437 g/mol. The topological polar surface area (TPSA) is 127 Å². The maximum absolute atomic E-state index is 13.4. The van der Waals surface area contributed by atoms with Crippen LogP contribution >= 0.6 is 0 Å². The lowest BCUT2D eigenvalue weighted by atomic mass is 10.1. The molecule has 1 aromatic carbocycles. The summed E-state index contributed by atoms with van der Waals surface area (Å²) in [6, 6.07) is 14.3. The molecule has 0 aliphatic carbocycles. The predicted octanol–water partition coefficient (Wildman–Crippen LogP) is 3.51. The third-order valence-corrected chi connectivity index (χ3v) is 4.72. The van der Waals surface area contributed by atoms with E-state index < -0.39 is 23.3 Å². The minimum atomic E-state index is -4.76. The lowest BCUT2D eigenvalue weighted by molar-refractivity contribution is -0.141. The first kappa shape index (κ1) is 21.5. The summed E-state index contributed by atoms with van der Waals surface area (Å²) in [4.78, 5) is 32.2. The van der Waals surface area contributed by atoms with Crippen LogP contribution in [0.5, 0.6) is 0 Å². The number of carbonyl (C=O) groups is 1. The predicted molar refractivity (Wildman–Crippen MR) is 113 cm³/mol. The number of amides is 1. The zero-order chi connectivity index (χ0) is 23.8. The Labute approximate surface area is 183 Å². The Kier molecular flexibility index (Phi) is 5.27. The Morgan fingerprint density at radius 1 is 1.12 bits per heavy atom. The molecule has 0 radical (unpaired) electrons. The van der Waals surface area contributed by atoms with Gasteiger partial charge in [0.15, 0.2) is 0 Å². The number of alkyl halides is 3. The molecule has 0 unspecified atom stereocenters. The van der Waals surface area contributed by atoms with Gasteiger partial charge in [-0.1, -0.05) is 18.2 Å². The highest BCUT2D eigenvalue weighted by Crippen LogP contribution is 2.33. The van der Waals surface area contributed by atoms with Gasteiger partial charge in [-0.25, -0.2) is 4.98 Å². The second-order valence-corrected chi connectivity index (χ2v) is 6.82. The zero-order valence-corrected chi connectivity index (χ0v) is 16.6. The number of aromatic nitrogens is 3. The average molecular weight is 450 g/mol. The highest BCUT2D eigenvalue weighted by molar-refractivity contribution is 5.96. The maximum atomic E-state index is 13.4. The fourth-order valence-electron chi connectivity index (χ4n) is 3.26. The molecular formula is C22H13F3N6O2. The molecule has 164 valence electrons. The van der Waals surface area contributed by atoms with Crippen molar-refractivity contribution < 1.29 is 18.0 Å². The van der Waals surface area contributed by atoms with Crippen LogP contribution in [0.3, 0.4) is 0 Å². The van der Waals surface area contributed by atoms with E-state index in [1.54, 1.807) is 18.2 Å². The Balaban J connectivity index is 2.06. The van der Waals surface area contributed by atoms with Crippen LogP contribution in [-0.4, -0.2) is 20.4 Å². The summed E-state index contributed by atoms with van der Waals surface area (Å²) >= 11 is 0. The standard InChI is InChI=1S/C22H13F3N6O2/c23-22(24,25)17-7-6-14-18(29-12-8-9-28-16(10-12)19(27)32)15(11-26)21(33)31(20(14)30-17)13-4-2-1-3-5-13/h1-10H,(H2,27,32)(H,28,29). The Hall–Kier alpha value is -4.72. The number of benzene rings is 1. The number of carbonyl (C=O) groups excluding carboxylic acids is 1. The Morgan fingerprint density at radius 2 is 1.85 bits per heavy atom. The van der Waals surface area contributed by atoms with Crippen molar-refractivity contribution in [3.8, 4) is 11.8 Å². The minimum Gasteiger partial charge on any atom is -0.364 e. The van der Waals surface area contributed by atoms with Gasteiger partial charge in [0.25, 0.3) is 11.5 Å². The number of primary amides is 1. The summed E-state index contributed by atoms with van der Waals surface area (Å²) in [6.07, 6.45) is -3.48. The Bertz CT molecular complexity index is 1490. The van der Waals surface area contributed by atoms with Crippen LogP contribution in [0.15, 0.2) is 65.6 Å². The van der Waals surface area contributed by atoms with Crippen molar-refractivity contribution in [1.82, 2.24) is 14.5 Å². The van der Waals surface area contributed by atoms with Gasteiger partial charge in [0.05, 0.1) is 11.4 Å². The molecule has 8 nitrogen and oxygen atoms in total. The smallest absolute Gasteiger partial charge is 0.364 e. The summed E-state index contributed by atoms with van der Waals surface area (Å²) in [5.41, 5.74) is 2.85. The molecule has 0 fully saturated rings. The highest BCUT2D eigenvalue weighted by atomic mass is 19.4. The highest BCUT2D eigenvalue weighted by Gasteiger charge is 2.33. The normalized spacial score (nSPS) is 11.2. The molecule has 0 atom stereocenters. The summed E-state index contributed by atoms with van der Waals surface area (Å²) in [5.74, 6) is -0.806. The van der Waals surface area contributed by atoms with Crippen molar-refractivity contribution >= 4 is 28.3 Å². The number of rotatable bonds is 4. The fourth-order valence-corrected chi connectivity index (χ4v) is 3.26. The van der Waals surface area contributed by atoms with Crippen LogP contribution in [0.1, 0.15) is 21.7 Å². The van der Waals surface area contributed by atoms with Gasteiger partial charge in [-0.2, -0.15) is 18.4 Å². The van der Waals surface area contributed by atoms with Crippen molar-refractivity contribution in [3.63, 3.8) is 0 Å². The molecule has 0 bridgehead atoms. The van der Waals surface area contributed by atoms with E-state index in [1.807, 2.05) is 6.07 Å². The molecule has 0 spiro atoms. The number of fused-ring (bicyclic) bond motifs is 1. The molecule has 1 amide bonds. The van der Waals surface area contributed by atoms with Crippen molar-refractivity contribution in [2.24, 2.45) is 5.73 Å². The zero-order valence-electron chi connectivity index (χ0n) is 16.6. The molecule has 0 saturated heterocycles. The second kappa shape index (κ2) is 8.08. The quantitative estimate of drug-likeness (QED) is 0.490. The molecule has 33 heavy (non-hydrogen) atoms. The van der Waals surface area contributed by atoms with E-state index in [4.69, 9.17) is 5.73 Å². The molecule has 0 aliphatic heterocycles. The van der Waals surface area contributed by atoms with Crippen molar-refractivity contribution in [1.29, 1.82) is 5.26 Å². The number of para-hydroxylation sites is 1. The van der Waals surface area contributed by atoms with Crippen LogP contribution < -0.4 is 16.6 Å². The van der Waals surface area contributed by atoms with Gasteiger partial charge in [-0.15, -0.1) is 0 Å². The number of nitriles is 1. The number of hydrogen-bond acceptors (Lipinski definition) is 6. The van der Waals surface area contributed by atoms with Gasteiger partial charge >= 0.3 is 6.18 Å². The third-order valence-electron chi connectivity index (χ3n) is 4.72. The number of nitrogens with one attached hydrogen (secondary N) is 1. The molecule has 11 heteroatoms. The van der Waals surface area contributed by atoms with Gasteiger partial charge in [0.2, 0.25) is 0 Å². The third kappa shape index (κ3) is 3.97. The molecule has 4 rings (SSSR count). The van der Waals surface area contributed by atoms with Crippen LogP contribution in [0, 0.1) is 11.3 Å². The molecule has 4 aromatic rings. The van der Waals surface area contributed by atoms with Crippen molar-refractivity contribution in [2.75, 3.05) is 5.32 Å². The number of hydrogen-bond donors (Lipinski definition) is 2. The molecule has 3 N–H and O–H groups in total. The number of pyridine rings is 3. The molecule has 3 heterocycles. The first-order valence-corrected chi connectivity index (χ1v) is 9.36. The van der Waals surface area contributed by atoms with Crippen LogP contribution in [-0.2, 0) is 6.18 Å². The van der Waals surface area contributed by atoms with Crippen LogP contribution in [0.25, 0.3) is 16.7 Å². The fraction of sp³-hybridized carbons (Fsp3) is 0.0455. The molecule has 0 aliphatic rings. The number of halogens is 3. The number of nitrogens with zero attached hydrogens (tertiary/aromatic N) is 4. The van der Waals surface area contributed by atoms with E-state index in [1.165, 1.54) is 30.5 Å². The first-order valence-electron chi connectivity index (χ1n) is 9.36. The van der Waals surface area contributed by atoms with Gasteiger partial charge in [0.1, 0.15) is 28.7 Å². The lowest BCUT2D eigenvalue weighted by Crippen LogP contribution is -2.24. The SMILES string of the molecule is N#Cc1c(Nc2ccnc(C(N)=O)c2)c2ccc(C(F)(F)F)nc2n(-c2ccccc2)c1=O. The summed E-state index contributed by atoms with van der Waals surface area (Å²) < 4.78 is 41.1. The van der Waals surface area contributed by atoms with E-state index in [0.29, 0.717) is 0 Å². The lowest BCUT2D eigenvalue weighted by Gasteiger charge is -2.17.